The summed E-state index contributed by atoms with van der Waals surface area (Å²) >= 11 is 0. The number of carboxylic acids is 1. The molecule has 1 aliphatic rings. The van der Waals surface area contributed by atoms with Crippen molar-refractivity contribution in [1.82, 2.24) is 5.32 Å². The number of carbonyl (C=O) groups is 2. The molecule has 1 amide bonds. The summed E-state index contributed by atoms with van der Waals surface area (Å²) in [4.78, 5) is 21.7. The van der Waals surface area contributed by atoms with Crippen LogP contribution in [0.5, 0.6) is 0 Å². The Hall–Kier alpha value is -1.82. The van der Waals surface area contributed by atoms with Crippen LogP contribution in [0.2, 0.25) is 0 Å². The second kappa shape index (κ2) is 5.88. The van der Waals surface area contributed by atoms with E-state index in [4.69, 9.17) is 15.3 Å². The highest BCUT2D eigenvalue weighted by Crippen LogP contribution is 2.24. The van der Waals surface area contributed by atoms with Gasteiger partial charge >= 0.3 is 5.97 Å². The van der Waals surface area contributed by atoms with Crippen molar-refractivity contribution >= 4 is 11.9 Å². The number of carboxylic acid groups (broad SMARTS) is 1. The van der Waals surface area contributed by atoms with Crippen molar-refractivity contribution < 1.29 is 19.1 Å². The Morgan fingerprint density at radius 1 is 1.37 bits per heavy atom. The van der Waals surface area contributed by atoms with Gasteiger partial charge in [-0.05, 0) is 31.7 Å². The number of rotatable bonds is 5. The Labute approximate surface area is 111 Å². The molecule has 1 aromatic rings. The molecule has 2 rings (SSSR count). The van der Waals surface area contributed by atoms with E-state index >= 15 is 0 Å². The number of hydrogen-bond acceptors (Lipinski definition) is 4. The van der Waals surface area contributed by atoms with E-state index in [0.717, 1.165) is 25.7 Å². The smallest absolute Gasteiger partial charge is 0.338 e. The van der Waals surface area contributed by atoms with E-state index in [1.54, 1.807) is 0 Å². The molecule has 1 fully saturated rings. The lowest BCUT2D eigenvalue weighted by Crippen LogP contribution is -2.36. The molecule has 1 aromatic heterocycles. The van der Waals surface area contributed by atoms with Crippen molar-refractivity contribution in [2.24, 2.45) is 11.7 Å². The van der Waals surface area contributed by atoms with Crippen LogP contribution in [0.4, 0.5) is 0 Å². The number of hydrogen-bond donors (Lipinski definition) is 3. The van der Waals surface area contributed by atoms with Crippen LogP contribution in [0.3, 0.4) is 0 Å². The largest absolute Gasteiger partial charge is 0.478 e. The molecule has 6 nitrogen and oxygen atoms in total. The third kappa shape index (κ3) is 3.57. The average Bonchev–Trinajstić information content (AvgIpc) is 2.86. The lowest BCUT2D eigenvalue weighted by Gasteiger charge is -2.27. The van der Waals surface area contributed by atoms with Gasteiger partial charge in [0.15, 0.2) is 0 Å². The van der Waals surface area contributed by atoms with Gasteiger partial charge < -0.3 is 20.6 Å². The summed E-state index contributed by atoms with van der Waals surface area (Å²) in [5, 5.41) is 12.1. The topological polar surface area (TPSA) is 106 Å². The zero-order valence-electron chi connectivity index (χ0n) is 10.6. The van der Waals surface area contributed by atoms with Crippen molar-refractivity contribution in [2.45, 2.75) is 38.3 Å². The molecule has 0 unspecified atom stereocenters. The van der Waals surface area contributed by atoms with E-state index < -0.39 is 5.97 Å². The predicted octanol–water partition coefficient (Wildman–Crippen LogP) is 1.11. The molecule has 0 aliphatic heterocycles. The first-order valence-electron chi connectivity index (χ1n) is 6.39. The Kier molecular flexibility index (Phi) is 4.21. The molecule has 104 valence electrons. The standard InChI is InChI=1S/C13H18N2O4/c14-12(16)8-1-3-10(4-2-8)15-6-11-5-9(7-19-11)13(17)18/h5,7-8,10,15H,1-4,6H2,(H2,14,16)(H,17,18). The minimum atomic E-state index is -0.989. The van der Waals surface area contributed by atoms with Crippen LogP contribution in [0, 0.1) is 5.92 Å². The molecular formula is C13H18N2O4. The third-order valence-corrected chi connectivity index (χ3v) is 3.60. The minimum absolute atomic E-state index is 0.000255. The third-order valence-electron chi connectivity index (χ3n) is 3.60. The first kappa shape index (κ1) is 13.6. The van der Waals surface area contributed by atoms with E-state index in [1.807, 2.05) is 0 Å². The van der Waals surface area contributed by atoms with Gasteiger partial charge in [0, 0.05) is 12.0 Å². The normalized spacial score (nSPS) is 23.2. The number of nitrogens with two attached hydrogens (primary N) is 1. The van der Waals surface area contributed by atoms with Gasteiger partial charge in [-0.25, -0.2) is 4.79 Å². The fourth-order valence-corrected chi connectivity index (χ4v) is 2.41. The van der Waals surface area contributed by atoms with Gasteiger partial charge in [-0.1, -0.05) is 0 Å². The highest BCUT2D eigenvalue weighted by Gasteiger charge is 2.24. The van der Waals surface area contributed by atoms with Crippen LogP contribution in [-0.4, -0.2) is 23.0 Å². The molecule has 1 aliphatic carbocycles. The summed E-state index contributed by atoms with van der Waals surface area (Å²) in [6, 6.07) is 1.85. The summed E-state index contributed by atoms with van der Waals surface area (Å²) in [6.45, 7) is 0.499. The van der Waals surface area contributed by atoms with Gasteiger partial charge in [-0.15, -0.1) is 0 Å². The molecule has 4 N–H and O–H groups in total. The molecule has 1 saturated carbocycles. The molecule has 19 heavy (non-hydrogen) atoms. The summed E-state index contributed by atoms with van der Waals surface area (Å²) in [5.41, 5.74) is 5.44. The van der Waals surface area contributed by atoms with E-state index in [0.29, 0.717) is 18.3 Å². The molecular weight excluding hydrogens is 248 g/mol. The average molecular weight is 266 g/mol. The van der Waals surface area contributed by atoms with Gasteiger partial charge in [-0.2, -0.15) is 0 Å². The lowest BCUT2D eigenvalue weighted by molar-refractivity contribution is -0.122. The van der Waals surface area contributed by atoms with E-state index in [1.165, 1.54) is 12.3 Å². The van der Waals surface area contributed by atoms with Gasteiger partial charge in [0.25, 0.3) is 0 Å². The van der Waals surface area contributed by atoms with Crippen LogP contribution in [-0.2, 0) is 11.3 Å². The van der Waals surface area contributed by atoms with Gasteiger partial charge in [-0.3, -0.25) is 4.79 Å². The SMILES string of the molecule is NC(=O)C1CCC(NCc2cc(C(=O)O)co2)CC1. The van der Waals surface area contributed by atoms with Gasteiger partial charge in [0.05, 0.1) is 12.1 Å². The van der Waals surface area contributed by atoms with Crippen molar-refractivity contribution in [3.05, 3.63) is 23.7 Å². The maximum Gasteiger partial charge on any atom is 0.338 e. The first-order valence-corrected chi connectivity index (χ1v) is 6.39. The summed E-state index contributed by atoms with van der Waals surface area (Å²) in [6.07, 6.45) is 4.67. The Balaban J connectivity index is 1.77. The van der Waals surface area contributed by atoms with Gasteiger partial charge in [0.1, 0.15) is 12.0 Å². The second-order valence-electron chi connectivity index (χ2n) is 4.94. The Morgan fingerprint density at radius 2 is 2.05 bits per heavy atom. The molecule has 0 radical (unpaired) electrons. The lowest BCUT2D eigenvalue weighted by atomic mass is 9.85. The molecule has 0 atom stereocenters. The Morgan fingerprint density at radius 3 is 2.58 bits per heavy atom. The fourth-order valence-electron chi connectivity index (χ4n) is 2.41. The highest BCUT2D eigenvalue weighted by atomic mass is 16.4. The minimum Gasteiger partial charge on any atom is -0.478 e. The van der Waals surface area contributed by atoms with Crippen molar-refractivity contribution in [3.63, 3.8) is 0 Å². The quantitative estimate of drug-likeness (QED) is 0.740. The predicted molar refractivity (Wildman–Crippen MR) is 67.4 cm³/mol. The maximum absolute atomic E-state index is 11.0. The van der Waals surface area contributed by atoms with E-state index in [9.17, 15) is 9.59 Å². The number of aromatic carboxylic acids is 1. The zero-order valence-corrected chi connectivity index (χ0v) is 10.6. The molecule has 0 aromatic carbocycles. The molecule has 6 heteroatoms. The highest BCUT2D eigenvalue weighted by molar-refractivity contribution is 5.87. The fraction of sp³-hybridized carbons (Fsp3) is 0.538. The molecule has 1 heterocycles. The van der Waals surface area contributed by atoms with Gasteiger partial charge in [0.2, 0.25) is 5.91 Å². The molecule has 0 spiro atoms. The van der Waals surface area contributed by atoms with Crippen LogP contribution < -0.4 is 11.1 Å². The summed E-state index contributed by atoms with van der Waals surface area (Å²) < 4.78 is 5.16. The van der Waals surface area contributed by atoms with Crippen LogP contribution in [0.15, 0.2) is 16.7 Å². The maximum atomic E-state index is 11.0. The number of nitrogens with one attached hydrogen (secondary N) is 1. The van der Waals surface area contributed by atoms with Crippen LogP contribution in [0.25, 0.3) is 0 Å². The number of furan rings is 1. The second-order valence-corrected chi connectivity index (χ2v) is 4.94. The Bertz CT molecular complexity index is 461. The van der Waals surface area contributed by atoms with E-state index in [2.05, 4.69) is 5.32 Å². The monoisotopic (exact) mass is 266 g/mol. The zero-order chi connectivity index (χ0) is 13.8. The van der Waals surface area contributed by atoms with Crippen molar-refractivity contribution in [3.8, 4) is 0 Å². The number of carbonyl (C=O) groups excluding carboxylic acids is 1. The molecule has 0 bridgehead atoms. The van der Waals surface area contributed by atoms with E-state index in [-0.39, 0.29) is 17.4 Å². The number of amides is 1. The first-order chi connectivity index (χ1) is 9.06. The molecule has 0 saturated heterocycles. The number of primary amides is 1. The van der Waals surface area contributed by atoms with Crippen LogP contribution >= 0.6 is 0 Å². The van der Waals surface area contributed by atoms with Crippen molar-refractivity contribution in [2.75, 3.05) is 0 Å². The van der Waals surface area contributed by atoms with Crippen molar-refractivity contribution in [1.29, 1.82) is 0 Å². The van der Waals surface area contributed by atoms with Crippen LogP contribution in [0.1, 0.15) is 41.8 Å². The summed E-state index contributed by atoms with van der Waals surface area (Å²) in [7, 11) is 0. The summed E-state index contributed by atoms with van der Waals surface area (Å²) in [5.74, 6) is -0.595.